The molecule has 0 spiro atoms. The highest BCUT2D eigenvalue weighted by Crippen LogP contribution is 2.20. The van der Waals surface area contributed by atoms with Crippen molar-refractivity contribution in [2.45, 2.75) is 29.7 Å². The van der Waals surface area contributed by atoms with E-state index in [2.05, 4.69) is 24.1 Å². The first kappa shape index (κ1) is 18.8. The summed E-state index contributed by atoms with van der Waals surface area (Å²) in [4.78, 5) is 16.7. The molecule has 3 aromatic rings. The van der Waals surface area contributed by atoms with E-state index in [1.165, 1.54) is 35.9 Å². The molecule has 3 rings (SSSR count). The zero-order chi connectivity index (χ0) is 19.4. The third-order valence-corrected chi connectivity index (χ3v) is 5.79. The lowest BCUT2D eigenvalue weighted by atomic mass is 10.0. The molecular weight excluding hydrogens is 360 g/mol. The zero-order valence-electron chi connectivity index (χ0n) is 15.1. The first-order valence-corrected chi connectivity index (χ1v) is 10.0. The van der Waals surface area contributed by atoms with Crippen LogP contribution in [0.2, 0.25) is 0 Å². The molecule has 0 bridgehead atoms. The van der Waals surface area contributed by atoms with Crippen molar-refractivity contribution in [3.63, 3.8) is 0 Å². The van der Waals surface area contributed by atoms with Gasteiger partial charge in [0.15, 0.2) is 5.03 Å². The van der Waals surface area contributed by atoms with Gasteiger partial charge in [0.25, 0.3) is 5.91 Å². The van der Waals surface area contributed by atoms with Crippen molar-refractivity contribution in [3.8, 4) is 0 Å². The van der Waals surface area contributed by atoms with Crippen molar-refractivity contribution in [2.75, 3.05) is 5.32 Å². The summed E-state index contributed by atoms with van der Waals surface area (Å²) in [7, 11) is -3.77. The predicted molar refractivity (Wildman–Crippen MR) is 105 cm³/mol. The molecule has 0 saturated heterocycles. The van der Waals surface area contributed by atoms with Crippen LogP contribution in [-0.4, -0.2) is 19.3 Å². The van der Waals surface area contributed by atoms with E-state index < -0.39 is 15.7 Å². The van der Waals surface area contributed by atoms with Gasteiger partial charge in [0.1, 0.15) is 5.69 Å². The Balaban J connectivity index is 1.84. The normalized spacial score (nSPS) is 11.4. The van der Waals surface area contributed by atoms with Gasteiger partial charge >= 0.3 is 0 Å². The number of carbonyl (C=O) groups is 1. The fourth-order valence-electron chi connectivity index (χ4n) is 2.56. The molecule has 1 aromatic heterocycles. The molecule has 6 heteroatoms. The van der Waals surface area contributed by atoms with Gasteiger partial charge < -0.3 is 5.32 Å². The van der Waals surface area contributed by atoms with Crippen LogP contribution < -0.4 is 5.32 Å². The standard InChI is InChI=1S/C21H20N2O3S/c1-15(2)16-11-13-17(14-12-16)22-21(24)19-9-6-10-20(23-19)27(25,26)18-7-4-3-5-8-18/h3-15H,1-2H3,(H,22,24). The van der Waals surface area contributed by atoms with Crippen molar-refractivity contribution in [1.82, 2.24) is 4.98 Å². The number of rotatable bonds is 5. The Labute approximate surface area is 159 Å². The molecule has 2 aromatic carbocycles. The summed E-state index contributed by atoms with van der Waals surface area (Å²) >= 11 is 0. The second-order valence-corrected chi connectivity index (χ2v) is 8.30. The molecule has 0 saturated carbocycles. The summed E-state index contributed by atoms with van der Waals surface area (Å²) in [6, 6.07) is 19.9. The van der Waals surface area contributed by atoms with Crippen LogP contribution in [0.4, 0.5) is 5.69 Å². The second kappa shape index (κ2) is 7.72. The Morgan fingerprint density at radius 2 is 1.56 bits per heavy atom. The third kappa shape index (κ3) is 4.23. The summed E-state index contributed by atoms with van der Waals surface area (Å²) in [6.45, 7) is 4.19. The summed E-state index contributed by atoms with van der Waals surface area (Å²) in [6.07, 6.45) is 0. The van der Waals surface area contributed by atoms with Gasteiger partial charge in [-0.1, -0.05) is 50.2 Å². The van der Waals surface area contributed by atoms with Gasteiger partial charge in [-0.15, -0.1) is 0 Å². The Kier molecular flexibility index (Phi) is 5.37. The first-order valence-electron chi connectivity index (χ1n) is 8.56. The third-order valence-electron chi connectivity index (χ3n) is 4.12. The molecule has 27 heavy (non-hydrogen) atoms. The minimum atomic E-state index is -3.77. The zero-order valence-corrected chi connectivity index (χ0v) is 15.9. The highest BCUT2D eigenvalue weighted by atomic mass is 32.2. The van der Waals surface area contributed by atoms with Gasteiger partial charge in [0, 0.05) is 5.69 Å². The molecule has 0 aliphatic rings. The van der Waals surface area contributed by atoms with E-state index in [1.807, 2.05) is 24.3 Å². The van der Waals surface area contributed by atoms with Gasteiger partial charge in [-0.25, -0.2) is 13.4 Å². The number of aromatic nitrogens is 1. The van der Waals surface area contributed by atoms with E-state index in [-0.39, 0.29) is 15.6 Å². The molecule has 0 aliphatic carbocycles. The maximum atomic E-state index is 12.7. The molecule has 0 unspecified atom stereocenters. The maximum Gasteiger partial charge on any atom is 0.274 e. The monoisotopic (exact) mass is 380 g/mol. The molecule has 1 N–H and O–H groups in total. The number of pyridine rings is 1. The lowest BCUT2D eigenvalue weighted by Crippen LogP contribution is -2.15. The number of anilines is 1. The fraction of sp³-hybridized carbons (Fsp3) is 0.143. The van der Waals surface area contributed by atoms with Crippen LogP contribution in [0.5, 0.6) is 0 Å². The van der Waals surface area contributed by atoms with Crippen molar-refractivity contribution in [2.24, 2.45) is 0 Å². The van der Waals surface area contributed by atoms with Crippen molar-refractivity contribution >= 4 is 21.4 Å². The number of nitrogens with one attached hydrogen (secondary N) is 1. The van der Waals surface area contributed by atoms with Crippen LogP contribution >= 0.6 is 0 Å². The minimum Gasteiger partial charge on any atom is -0.321 e. The molecule has 0 aliphatic heterocycles. The van der Waals surface area contributed by atoms with E-state index in [4.69, 9.17) is 0 Å². The van der Waals surface area contributed by atoms with Gasteiger partial charge in [-0.05, 0) is 47.9 Å². The highest BCUT2D eigenvalue weighted by Gasteiger charge is 2.20. The average molecular weight is 380 g/mol. The lowest BCUT2D eigenvalue weighted by molar-refractivity contribution is 0.102. The van der Waals surface area contributed by atoms with Crippen LogP contribution in [0.25, 0.3) is 0 Å². The van der Waals surface area contributed by atoms with Gasteiger partial charge in [0.05, 0.1) is 4.90 Å². The Morgan fingerprint density at radius 3 is 2.19 bits per heavy atom. The van der Waals surface area contributed by atoms with Crippen LogP contribution in [-0.2, 0) is 9.84 Å². The Morgan fingerprint density at radius 1 is 0.889 bits per heavy atom. The smallest absolute Gasteiger partial charge is 0.274 e. The van der Waals surface area contributed by atoms with Crippen LogP contribution in [0.3, 0.4) is 0 Å². The van der Waals surface area contributed by atoms with Crippen LogP contribution in [0, 0.1) is 0 Å². The van der Waals surface area contributed by atoms with Gasteiger partial charge in [0.2, 0.25) is 9.84 Å². The predicted octanol–water partition coefficient (Wildman–Crippen LogP) is 4.29. The topological polar surface area (TPSA) is 76.1 Å². The SMILES string of the molecule is CC(C)c1ccc(NC(=O)c2cccc(S(=O)(=O)c3ccccc3)n2)cc1. The number of hydrogen-bond acceptors (Lipinski definition) is 4. The molecule has 0 atom stereocenters. The molecule has 0 fully saturated rings. The molecule has 1 amide bonds. The molecular formula is C21H20N2O3S. The number of amides is 1. The van der Waals surface area contributed by atoms with Crippen molar-refractivity contribution in [1.29, 1.82) is 0 Å². The summed E-state index contributed by atoms with van der Waals surface area (Å²) in [5, 5.41) is 2.59. The molecule has 5 nitrogen and oxygen atoms in total. The fourth-order valence-corrected chi connectivity index (χ4v) is 3.79. The molecule has 138 valence electrons. The first-order chi connectivity index (χ1) is 12.9. The van der Waals surface area contributed by atoms with Gasteiger partial charge in [-0.3, -0.25) is 4.79 Å². The average Bonchev–Trinajstić information content (AvgIpc) is 2.69. The molecule has 1 heterocycles. The minimum absolute atomic E-state index is 0.0416. The summed E-state index contributed by atoms with van der Waals surface area (Å²) in [5.74, 6) is -0.0614. The highest BCUT2D eigenvalue weighted by molar-refractivity contribution is 7.91. The Bertz CT molecular complexity index is 1040. The largest absolute Gasteiger partial charge is 0.321 e. The summed E-state index contributed by atoms with van der Waals surface area (Å²) < 4.78 is 25.3. The van der Waals surface area contributed by atoms with E-state index in [0.29, 0.717) is 11.6 Å². The second-order valence-electron chi connectivity index (χ2n) is 6.41. The maximum absolute atomic E-state index is 12.7. The van der Waals surface area contributed by atoms with Crippen molar-refractivity contribution in [3.05, 3.63) is 84.1 Å². The van der Waals surface area contributed by atoms with E-state index >= 15 is 0 Å². The van der Waals surface area contributed by atoms with Crippen molar-refractivity contribution < 1.29 is 13.2 Å². The van der Waals surface area contributed by atoms with E-state index in [1.54, 1.807) is 18.2 Å². The van der Waals surface area contributed by atoms with Crippen LogP contribution in [0.1, 0.15) is 35.8 Å². The van der Waals surface area contributed by atoms with Crippen LogP contribution in [0.15, 0.2) is 82.7 Å². The van der Waals surface area contributed by atoms with E-state index in [9.17, 15) is 13.2 Å². The number of benzene rings is 2. The number of hydrogen-bond donors (Lipinski definition) is 1. The summed E-state index contributed by atoms with van der Waals surface area (Å²) in [5.41, 5.74) is 1.84. The Hall–Kier alpha value is -2.99. The molecule has 0 radical (unpaired) electrons. The number of carbonyl (C=O) groups excluding carboxylic acids is 1. The lowest BCUT2D eigenvalue weighted by Gasteiger charge is -2.09. The van der Waals surface area contributed by atoms with E-state index in [0.717, 1.165) is 0 Å². The number of sulfone groups is 1. The quantitative estimate of drug-likeness (QED) is 0.716. The number of nitrogens with zero attached hydrogens (tertiary/aromatic N) is 1. The van der Waals surface area contributed by atoms with Gasteiger partial charge in [-0.2, -0.15) is 0 Å².